The molecule has 3 rings (SSSR count). The van der Waals surface area contributed by atoms with E-state index in [1.54, 1.807) is 6.33 Å². The molecule has 0 amide bonds. The number of rotatable bonds is 4. The van der Waals surface area contributed by atoms with Crippen LogP contribution in [0.15, 0.2) is 35.1 Å². The molecule has 0 radical (unpaired) electrons. The van der Waals surface area contributed by atoms with E-state index in [-0.39, 0.29) is 0 Å². The molecular formula is C18H21BrN6. The lowest BCUT2D eigenvalue weighted by Gasteiger charge is -2.27. The molecule has 1 aromatic heterocycles. The van der Waals surface area contributed by atoms with Crippen LogP contribution in [0, 0.1) is 11.3 Å². The van der Waals surface area contributed by atoms with Crippen molar-refractivity contribution in [3.63, 3.8) is 0 Å². The van der Waals surface area contributed by atoms with E-state index in [1.807, 2.05) is 37.2 Å². The van der Waals surface area contributed by atoms with Crippen LogP contribution in [-0.4, -0.2) is 50.2 Å². The Morgan fingerprint density at radius 3 is 2.64 bits per heavy atom. The molecule has 1 aliphatic heterocycles. The van der Waals surface area contributed by atoms with Gasteiger partial charge in [-0.3, -0.25) is 0 Å². The molecular weight excluding hydrogens is 380 g/mol. The third kappa shape index (κ3) is 3.85. The van der Waals surface area contributed by atoms with Gasteiger partial charge in [-0.2, -0.15) is 5.26 Å². The molecule has 1 aromatic carbocycles. The summed E-state index contributed by atoms with van der Waals surface area (Å²) in [5, 5.41) is 9.17. The van der Waals surface area contributed by atoms with Crippen molar-refractivity contribution in [2.75, 3.05) is 48.9 Å². The largest absolute Gasteiger partial charge is 0.369 e. The Hall–Kier alpha value is -2.33. The minimum Gasteiger partial charge on any atom is -0.369 e. The molecule has 25 heavy (non-hydrogen) atoms. The van der Waals surface area contributed by atoms with Gasteiger partial charge in [-0.05, 0) is 24.6 Å². The fourth-order valence-corrected chi connectivity index (χ4v) is 3.56. The summed E-state index contributed by atoms with van der Waals surface area (Å²) in [5.41, 5.74) is 1.76. The molecule has 0 saturated carbocycles. The van der Waals surface area contributed by atoms with Crippen molar-refractivity contribution >= 4 is 33.3 Å². The number of nitriles is 1. The lowest BCUT2D eigenvalue weighted by atomic mass is 10.2. The van der Waals surface area contributed by atoms with Gasteiger partial charge in [0.1, 0.15) is 18.0 Å². The molecule has 1 atom stereocenters. The van der Waals surface area contributed by atoms with Crippen molar-refractivity contribution in [3.05, 3.63) is 40.6 Å². The van der Waals surface area contributed by atoms with Gasteiger partial charge in [-0.1, -0.05) is 15.9 Å². The zero-order chi connectivity index (χ0) is 18.0. The normalized spacial score (nSPS) is 16.6. The monoisotopic (exact) mass is 400 g/mol. The first-order valence-corrected chi connectivity index (χ1v) is 8.95. The number of likely N-dealkylation sites (N-methyl/N-ethyl adjacent to an activating group) is 1. The van der Waals surface area contributed by atoms with Crippen molar-refractivity contribution in [2.24, 2.45) is 0 Å². The van der Waals surface area contributed by atoms with E-state index in [0.29, 0.717) is 11.6 Å². The van der Waals surface area contributed by atoms with Crippen molar-refractivity contribution in [1.29, 1.82) is 5.26 Å². The van der Waals surface area contributed by atoms with Crippen LogP contribution < -0.4 is 14.7 Å². The van der Waals surface area contributed by atoms with E-state index in [9.17, 15) is 5.26 Å². The Morgan fingerprint density at radius 1 is 1.16 bits per heavy atom. The van der Waals surface area contributed by atoms with Gasteiger partial charge >= 0.3 is 0 Å². The van der Waals surface area contributed by atoms with Crippen molar-refractivity contribution in [2.45, 2.75) is 12.5 Å². The van der Waals surface area contributed by atoms with Gasteiger partial charge < -0.3 is 14.7 Å². The molecule has 0 aliphatic carbocycles. The third-order valence-corrected chi connectivity index (χ3v) is 5.00. The van der Waals surface area contributed by atoms with E-state index in [0.717, 1.165) is 41.3 Å². The fraction of sp³-hybridized carbons (Fsp3) is 0.389. The average molecular weight is 401 g/mol. The van der Waals surface area contributed by atoms with Gasteiger partial charge in [0.05, 0.1) is 11.6 Å². The van der Waals surface area contributed by atoms with E-state index < -0.39 is 0 Å². The van der Waals surface area contributed by atoms with Gasteiger partial charge in [0.15, 0.2) is 0 Å². The summed E-state index contributed by atoms with van der Waals surface area (Å²) in [6.45, 7) is 1.86. The number of benzene rings is 1. The Balaban J connectivity index is 1.75. The number of anilines is 3. The highest BCUT2D eigenvalue weighted by atomic mass is 79.9. The molecule has 2 aromatic rings. The van der Waals surface area contributed by atoms with E-state index in [2.05, 4.69) is 54.9 Å². The first-order valence-electron chi connectivity index (χ1n) is 8.16. The van der Waals surface area contributed by atoms with Gasteiger partial charge in [0.25, 0.3) is 0 Å². The second-order valence-corrected chi connectivity index (χ2v) is 7.35. The first kappa shape index (κ1) is 17.5. The molecule has 7 heteroatoms. The summed E-state index contributed by atoms with van der Waals surface area (Å²) in [4.78, 5) is 15.2. The van der Waals surface area contributed by atoms with Crippen LogP contribution >= 0.6 is 15.9 Å². The van der Waals surface area contributed by atoms with Gasteiger partial charge in [0, 0.05) is 56.5 Å². The Morgan fingerprint density at radius 2 is 1.92 bits per heavy atom. The highest BCUT2D eigenvalue weighted by molar-refractivity contribution is 9.10. The van der Waals surface area contributed by atoms with Gasteiger partial charge in [-0.15, -0.1) is 0 Å². The number of halogens is 1. The average Bonchev–Trinajstić information content (AvgIpc) is 3.10. The molecule has 0 N–H and O–H groups in total. The molecule has 1 saturated heterocycles. The van der Waals surface area contributed by atoms with E-state index >= 15 is 0 Å². The summed E-state index contributed by atoms with van der Waals surface area (Å²) < 4.78 is 0.935. The summed E-state index contributed by atoms with van der Waals surface area (Å²) in [6, 6.07) is 10.5. The summed E-state index contributed by atoms with van der Waals surface area (Å²) in [6.07, 6.45) is 2.66. The maximum atomic E-state index is 9.17. The maximum Gasteiger partial charge on any atom is 0.134 e. The number of nitrogens with zero attached hydrogens (tertiary/aromatic N) is 6. The van der Waals surface area contributed by atoms with Crippen LogP contribution in [0.2, 0.25) is 0 Å². The summed E-state index contributed by atoms with van der Waals surface area (Å²) >= 11 is 3.49. The van der Waals surface area contributed by atoms with Crippen molar-refractivity contribution < 1.29 is 0 Å². The van der Waals surface area contributed by atoms with Crippen LogP contribution in [0.4, 0.5) is 17.3 Å². The topological polar surface area (TPSA) is 59.3 Å². The maximum absolute atomic E-state index is 9.17. The molecule has 1 aliphatic rings. The van der Waals surface area contributed by atoms with Crippen LogP contribution in [0.1, 0.15) is 12.0 Å². The molecule has 0 spiro atoms. The van der Waals surface area contributed by atoms with Gasteiger partial charge in [0.2, 0.25) is 0 Å². The lowest BCUT2D eigenvalue weighted by molar-refractivity contribution is 0.683. The Kier molecular flexibility index (Phi) is 5.09. The molecule has 0 bridgehead atoms. The smallest absolute Gasteiger partial charge is 0.134 e. The van der Waals surface area contributed by atoms with Gasteiger partial charge in [-0.25, -0.2) is 9.97 Å². The highest BCUT2D eigenvalue weighted by Gasteiger charge is 2.27. The minimum absolute atomic E-state index is 0.370. The second-order valence-electron chi connectivity index (χ2n) is 6.44. The molecule has 1 fully saturated rings. The van der Waals surface area contributed by atoms with Crippen LogP contribution in [0.3, 0.4) is 0 Å². The Labute approximate surface area is 156 Å². The third-order valence-electron chi connectivity index (χ3n) is 4.55. The number of aromatic nitrogens is 2. The number of hydrogen-bond acceptors (Lipinski definition) is 6. The molecule has 2 heterocycles. The second kappa shape index (κ2) is 7.28. The quantitative estimate of drug-likeness (QED) is 0.786. The number of hydrogen-bond donors (Lipinski definition) is 0. The van der Waals surface area contributed by atoms with E-state index in [1.165, 1.54) is 0 Å². The van der Waals surface area contributed by atoms with Crippen LogP contribution in [-0.2, 0) is 0 Å². The summed E-state index contributed by atoms with van der Waals surface area (Å²) in [7, 11) is 6.03. The highest BCUT2D eigenvalue weighted by Crippen LogP contribution is 2.28. The van der Waals surface area contributed by atoms with E-state index in [4.69, 9.17) is 0 Å². The zero-order valence-electron chi connectivity index (χ0n) is 14.6. The predicted octanol–water partition coefficient (Wildman–Crippen LogP) is 2.89. The van der Waals surface area contributed by atoms with Crippen LogP contribution in [0.25, 0.3) is 0 Å². The fourth-order valence-electron chi connectivity index (χ4n) is 3.08. The standard InChI is InChI=1S/C18H21BrN6/c1-23(2)17-9-18(22-12-21-17)24(3)15-4-5-25(11-15)16-7-13(10-20)6-14(19)8-16/h6-9,12,15H,4-5,11H2,1-3H3. The zero-order valence-corrected chi connectivity index (χ0v) is 16.2. The lowest BCUT2D eigenvalue weighted by Crippen LogP contribution is -2.35. The molecule has 6 nitrogen and oxygen atoms in total. The summed E-state index contributed by atoms with van der Waals surface area (Å²) in [5.74, 6) is 1.83. The SMILES string of the molecule is CN(C)c1cc(N(C)C2CCN(c3cc(Br)cc(C#N)c3)C2)ncn1. The van der Waals surface area contributed by atoms with Crippen LogP contribution in [0.5, 0.6) is 0 Å². The molecule has 130 valence electrons. The molecule has 1 unspecified atom stereocenters. The minimum atomic E-state index is 0.370. The van der Waals surface area contributed by atoms with Crippen molar-refractivity contribution in [1.82, 2.24) is 9.97 Å². The van der Waals surface area contributed by atoms with Crippen molar-refractivity contribution in [3.8, 4) is 6.07 Å². The Bertz CT molecular complexity index is 800. The predicted molar refractivity (Wildman–Crippen MR) is 104 cm³/mol. The first-order chi connectivity index (χ1) is 12.0.